The molecule has 0 spiro atoms. The number of aliphatic imine (C=N–C) groups is 1. The lowest BCUT2D eigenvalue weighted by atomic mass is 10.0. The molecule has 4 atom stereocenters. The summed E-state index contributed by atoms with van der Waals surface area (Å²) in [6.07, 6.45) is 2.61. The van der Waals surface area contributed by atoms with Crippen molar-refractivity contribution < 1.29 is 29.1 Å². The Kier molecular flexibility index (Phi) is 12.7. The average molecular weight is 573 g/mol. The number of H-pyrrole nitrogens is 1. The Balaban J connectivity index is 2.16. The summed E-state index contributed by atoms with van der Waals surface area (Å²) in [5.74, 6) is -4.79. The molecule has 2 rings (SSSR count). The molecule has 4 amide bonds. The maximum Gasteiger partial charge on any atom is 0.326 e. The summed E-state index contributed by atoms with van der Waals surface area (Å²) < 4.78 is 0. The van der Waals surface area contributed by atoms with Crippen LogP contribution in [0, 0.1) is 0 Å². The summed E-state index contributed by atoms with van der Waals surface area (Å²) in [6.45, 7) is 0.123. The number of carboxylic acids is 1. The maximum absolute atomic E-state index is 13.2. The van der Waals surface area contributed by atoms with Gasteiger partial charge in [0, 0.05) is 31.3 Å². The third kappa shape index (κ3) is 11.7. The quantitative estimate of drug-likeness (QED) is 0.0525. The van der Waals surface area contributed by atoms with Gasteiger partial charge in [0.1, 0.15) is 18.1 Å². The number of aliphatic carboxylic acids is 1. The molecule has 0 aliphatic rings. The zero-order valence-electron chi connectivity index (χ0n) is 22.3. The molecule has 0 bridgehead atoms. The van der Waals surface area contributed by atoms with Crippen LogP contribution in [0.15, 0.2) is 47.8 Å². The number of amides is 4. The Morgan fingerprint density at radius 1 is 0.902 bits per heavy atom. The van der Waals surface area contributed by atoms with Gasteiger partial charge in [0.25, 0.3) is 0 Å². The Morgan fingerprint density at radius 3 is 2.12 bits per heavy atom. The molecule has 222 valence electrons. The van der Waals surface area contributed by atoms with E-state index in [0.717, 1.165) is 0 Å². The summed E-state index contributed by atoms with van der Waals surface area (Å²) in [4.78, 5) is 73.1. The molecule has 1 heterocycles. The third-order valence-corrected chi connectivity index (χ3v) is 5.85. The predicted octanol–water partition coefficient (Wildman–Crippen LogP) is -3.01. The van der Waals surface area contributed by atoms with E-state index in [1.165, 1.54) is 12.5 Å². The number of imidazole rings is 1. The van der Waals surface area contributed by atoms with Crippen LogP contribution in [0.5, 0.6) is 0 Å². The van der Waals surface area contributed by atoms with Gasteiger partial charge in [-0.2, -0.15) is 0 Å². The fourth-order valence-corrected chi connectivity index (χ4v) is 3.78. The maximum atomic E-state index is 13.2. The molecule has 1 aromatic heterocycles. The van der Waals surface area contributed by atoms with Crippen molar-refractivity contribution in [1.82, 2.24) is 25.9 Å². The number of carbonyl (C=O) groups excluding carboxylic acids is 4. The monoisotopic (exact) mass is 572 g/mol. The molecule has 16 nitrogen and oxygen atoms in total. The van der Waals surface area contributed by atoms with Crippen LogP contribution in [0.3, 0.4) is 0 Å². The third-order valence-electron chi connectivity index (χ3n) is 5.85. The van der Waals surface area contributed by atoms with Gasteiger partial charge in [0.2, 0.25) is 23.6 Å². The molecular weight excluding hydrogens is 536 g/mol. The standard InChI is InChI=1S/C25H36N10O6/c26-16(10-15-12-30-13-32-15)21(37)34-18(11-20(27)36)23(39)33-17(7-4-8-31-25(28)29)22(38)35-19(24(40)41)9-14-5-2-1-3-6-14/h1-3,5-6,12-13,16-19H,4,7-11,26H2,(H2,27,36)(H,30,32)(H,33,39)(H,34,37)(H,35,38)(H,40,41)(H4,28,29,31). The van der Waals surface area contributed by atoms with Gasteiger partial charge in [-0.05, 0) is 18.4 Å². The van der Waals surface area contributed by atoms with E-state index in [2.05, 4.69) is 30.9 Å². The number of nitrogens with one attached hydrogen (secondary N) is 4. The van der Waals surface area contributed by atoms with E-state index in [1.807, 2.05) is 0 Å². The van der Waals surface area contributed by atoms with Crippen molar-refractivity contribution in [2.45, 2.75) is 56.3 Å². The summed E-state index contributed by atoms with van der Waals surface area (Å²) in [6, 6.07) is 3.55. The van der Waals surface area contributed by atoms with E-state index < -0.39 is 60.2 Å². The topological polar surface area (TPSA) is 287 Å². The number of carbonyl (C=O) groups is 5. The Hall–Kier alpha value is -4.99. The number of rotatable bonds is 17. The molecule has 0 saturated carbocycles. The highest BCUT2D eigenvalue weighted by molar-refractivity contribution is 5.96. The van der Waals surface area contributed by atoms with E-state index in [4.69, 9.17) is 22.9 Å². The van der Waals surface area contributed by atoms with Gasteiger partial charge in [-0.25, -0.2) is 9.78 Å². The SMILES string of the molecule is NC(=O)CC(NC(=O)C(N)Cc1cnc[nH]1)C(=O)NC(CCCN=C(N)N)C(=O)NC(Cc1ccccc1)C(=O)O. The van der Waals surface area contributed by atoms with Gasteiger partial charge in [-0.3, -0.25) is 24.2 Å². The number of benzene rings is 1. The molecule has 4 unspecified atom stereocenters. The molecule has 1 aromatic carbocycles. The average Bonchev–Trinajstić information content (AvgIpc) is 3.42. The lowest BCUT2D eigenvalue weighted by molar-refractivity contribution is -0.142. The molecule has 13 N–H and O–H groups in total. The van der Waals surface area contributed by atoms with Crippen molar-refractivity contribution in [3.05, 3.63) is 54.1 Å². The summed E-state index contributed by atoms with van der Waals surface area (Å²) in [5, 5.41) is 17.0. The molecule has 0 saturated heterocycles. The first kappa shape index (κ1) is 32.2. The summed E-state index contributed by atoms with van der Waals surface area (Å²) in [7, 11) is 0. The normalized spacial score (nSPS) is 13.6. The highest BCUT2D eigenvalue weighted by atomic mass is 16.4. The number of aromatic amines is 1. The van der Waals surface area contributed by atoms with Crippen molar-refractivity contribution in [3.63, 3.8) is 0 Å². The van der Waals surface area contributed by atoms with Crippen molar-refractivity contribution in [1.29, 1.82) is 0 Å². The molecule has 0 aliphatic carbocycles. The van der Waals surface area contributed by atoms with Crippen LogP contribution in [0.25, 0.3) is 0 Å². The number of nitrogens with two attached hydrogens (primary N) is 4. The van der Waals surface area contributed by atoms with Crippen LogP contribution >= 0.6 is 0 Å². The van der Waals surface area contributed by atoms with E-state index in [1.54, 1.807) is 30.3 Å². The van der Waals surface area contributed by atoms with Crippen LogP contribution < -0.4 is 38.9 Å². The molecule has 2 aromatic rings. The van der Waals surface area contributed by atoms with Crippen LogP contribution in [0.2, 0.25) is 0 Å². The van der Waals surface area contributed by atoms with Gasteiger partial charge in [0.05, 0.1) is 18.8 Å². The number of guanidine groups is 1. The number of hydrogen-bond donors (Lipinski definition) is 9. The highest BCUT2D eigenvalue weighted by Gasteiger charge is 2.31. The van der Waals surface area contributed by atoms with Crippen LogP contribution in [0.4, 0.5) is 0 Å². The van der Waals surface area contributed by atoms with Gasteiger partial charge >= 0.3 is 5.97 Å². The number of nitrogens with zero attached hydrogens (tertiary/aromatic N) is 2. The number of hydrogen-bond acceptors (Lipinski definition) is 8. The first-order valence-electron chi connectivity index (χ1n) is 12.7. The Bertz CT molecular complexity index is 1200. The second kappa shape index (κ2) is 16.2. The van der Waals surface area contributed by atoms with Crippen molar-refractivity contribution in [2.75, 3.05) is 6.54 Å². The van der Waals surface area contributed by atoms with E-state index in [0.29, 0.717) is 11.3 Å². The lowest BCUT2D eigenvalue weighted by Gasteiger charge is -2.25. The second-order valence-electron chi connectivity index (χ2n) is 9.22. The summed E-state index contributed by atoms with van der Waals surface area (Å²) in [5.41, 5.74) is 23.1. The molecule has 41 heavy (non-hydrogen) atoms. The minimum atomic E-state index is -1.46. The van der Waals surface area contributed by atoms with E-state index >= 15 is 0 Å². The second-order valence-corrected chi connectivity index (χ2v) is 9.22. The van der Waals surface area contributed by atoms with Crippen molar-refractivity contribution in [2.24, 2.45) is 27.9 Å². The number of carboxylic acid groups (broad SMARTS) is 1. The Morgan fingerprint density at radius 2 is 1.54 bits per heavy atom. The molecular formula is C25H36N10O6. The zero-order valence-corrected chi connectivity index (χ0v) is 22.3. The fraction of sp³-hybridized carbons (Fsp3) is 0.400. The Labute approximate surface area is 235 Å². The van der Waals surface area contributed by atoms with Crippen LogP contribution in [-0.2, 0) is 36.8 Å². The first-order valence-corrected chi connectivity index (χ1v) is 12.7. The molecule has 0 radical (unpaired) electrons. The van der Waals surface area contributed by atoms with Gasteiger partial charge in [-0.1, -0.05) is 30.3 Å². The van der Waals surface area contributed by atoms with E-state index in [-0.39, 0.29) is 38.2 Å². The molecule has 0 fully saturated rings. The van der Waals surface area contributed by atoms with Crippen molar-refractivity contribution >= 4 is 35.6 Å². The summed E-state index contributed by atoms with van der Waals surface area (Å²) >= 11 is 0. The fourth-order valence-electron chi connectivity index (χ4n) is 3.78. The van der Waals surface area contributed by atoms with Gasteiger partial charge in [-0.15, -0.1) is 0 Å². The predicted molar refractivity (Wildman–Crippen MR) is 148 cm³/mol. The van der Waals surface area contributed by atoms with Gasteiger partial charge in [0.15, 0.2) is 5.96 Å². The molecule has 0 aliphatic heterocycles. The number of primary amides is 1. The number of aromatic nitrogens is 2. The van der Waals surface area contributed by atoms with Gasteiger partial charge < -0.3 is 49.0 Å². The first-order chi connectivity index (χ1) is 19.5. The lowest BCUT2D eigenvalue weighted by Crippen LogP contribution is -2.58. The highest BCUT2D eigenvalue weighted by Crippen LogP contribution is 2.07. The minimum absolute atomic E-state index is 0.00258. The smallest absolute Gasteiger partial charge is 0.326 e. The van der Waals surface area contributed by atoms with E-state index in [9.17, 15) is 29.1 Å². The van der Waals surface area contributed by atoms with Crippen molar-refractivity contribution in [3.8, 4) is 0 Å². The minimum Gasteiger partial charge on any atom is -0.480 e. The zero-order chi connectivity index (χ0) is 30.4. The van der Waals surface area contributed by atoms with Crippen LogP contribution in [-0.4, -0.2) is 81.3 Å². The van der Waals surface area contributed by atoms with Crippen LogP contribution in [0.1, 0.15) is 30.5 Å². The molecule has 16 heteroatoms. The largest absolute Gasteiger partial charge is 0.480 e.